The highest BCUT2D eigenvalue weighted by molar-refractivity contribution is 5.94. The monoisotopic (exact) mass is 450 g/mol. The molecule has 0 N–H and O–H groups in total. The summed E-state index contributed by atoms with van der Waals surface area (Å²) in [4.78, 5) is 29.8. The van der Waals surface area contributed by atoms with Crippen molar-refractivity contribution in [1.82, 2.24) is 9.80 Å². The summed E-state index contributed by atoms with van der Waals surface area (Å²) < 4.78 is 11.0. The van der Waals surface area contributed by atoms with E-state index in [1.807, 2.05) is 34.1 Å². The summed E-state index contributed by atoms with van der Waals surface area (Å²) >= 11 is 0. The molecule has 2 aromatic rings. The van der Waals surface area contributed by atoms with Gasteiger partial charge in [-0.3, -0.25) is 9.59 Å². The first-order valence-electron chi connectivity index (χ1n) is 12.0. The second-order valence-corrected chi connectivity index (χ2v) is 9.17. The molecule has 33 heavy (non-hydrogen) atoms. The number of ether oxygens (including phenoxy) is 2. The lowest BCUT2D eigenvalue weighted by Gasteiger charge is -2.38. The molecule has 6 heteroatoms. The molecule has 2 heterocycles. The number of amides is 2. The van der Waals surface area contributed by atoms with Gasteiger partial charge in [-0.1, -0.05) is 12.1 Å². The van der Waals surface area contributed by atoms with E-state index in [0.29, 0.717) is 11.3 Å². The van der Waals surface area contributed by atoms with Crippen LogP contribution in [-0.4, -0.2) is 54.0 Å². The minimum atomic E-state index is 0.0203. The molecule has 0 aliphatic carbocycles. The lowest BCUT2D eigenvalue weighted by molar-refractivity contribution is -0.139. The number of rotatable bonds is 6. The van der Waals surface area contributed by atoms with E-state index in [2.05, 4.69) is 13.8 Å². The van der Waals surface area contributed by atoms with Gasteiger partial charge in [-0.2, -0.15) is 0 Å². The molecule has 2 amide bonds. The van der Waals surface area contributed by atoms with E-state index < -0.39 is 0 Å². The first kappa shape index (κ1) is 23.1. The topological polar surface area (TPSA) is 59.1 Å². The Bertz CT molecular complexity index is 947. The fourth-order valence-corrected chi connectivity index (χ4v) is 5.17. The van der Waals surface area contributed by atoms with Gasteiger partial charge in [0, 0.05) is 24.2 Å². The lowest BCUT2D eigenvalue weighted by Crippen LogP contribution is -2.49. The van der Waals surface area contributed by atoms with Gasteiger partial charge < -0.3 is 19.3 Å². The number of hydrogen-bond donors (Lipinski definition) is 0. The van der Waals surface area contributed by atoms with Gasteiger partial charge in [-0.05, 0) is 87.9 Å². The van der Waals surface area contributed by atoms with Crippen molar-refractivity contribution in [2.45, 2.75) is 64.1 Å². The third-order valence-electron chi connectivity index (χ3n) is 6.96. The van der Waals surface area contributed by atoms with E-state index in [0.717, 1.165) is 43.5 Å². The fourth-order valence-electron chi connectivity index (χ4n) is 5.17. The molecule has 0 saturated carbocycles. The maximum atomic E-state index is 13.2. The first-order chi connectivity index (χ1) is 16.0. The quantitative estimate of drug-likeness (QED) is 0.632. The van der Waals surface area contributed by atoms with E-state index in [1.54, 1.807) is 31.4 Å². The summed E-state index contributed by atoms with van der Waals surface area (Å²) in [6.45, 7) is 4.97. The van der Waals surface area contributed by atoms with Crippen molar-refractivity contribution < 1.29 is 19.1 Å². The van der Waals surface area contributed by atoms with Crippen molar-refractivity contribution in [3.63, 3.8) is 0 Å². The molecule has 176 valence electrons. The zero-order chi connectivity index (χ0) is 23.4. The molecule has 4 rings (SSSR count). The largest absolute Gasteiger partial charge is 0.497 e. The highest BCUT2D eigenvalue weighted by Crippen LogP contribution is 2.34. The summed E-state index contributed by atoms with van der Waals surface area (Å²) in [5.74, 6) is 1.46. The van der Waals surface area contributed by atoms with Crippen molar-refractivity contribution in [2.75, 3.05) is 20.3 Å². The number of carbonyl (C=O) groups excluding carboxylic acids is 2. The SMILES string of the molecule is COc1ccc(C2CCCN2C(=O)c2ccc(OCC(=O)N3C(C)CCCC3C)cc2)cc1. The molecule has 0 radical (unpaired) electrons. The van der Waals surface area contributed by atoms with Crippen molar-refractivity contribution in [3.8, 4) is 11.5 Å². The van der Waals surface area contributed by atoms with Gasteiger partial charge in [0.05, 0.1) is 13.2 Å². The van der Waals surface area contributed by atoms with Crippen LogP contribution in [0.25, 0.3) is 0 Å². The summed E-state index contributed by atoms with van der Waals surface area (Å²) in [7, 11) is 1.65. The molecule has 6 nitrogen and oxygen atoms in total. The Balaban J connectivity index is 1.37. The molecule has 2 saturated heterocycles. The Hall–Kier alpha value is -3.02. The van der Waals surface area contributed by atoms with Crippen molar-refractivity contribution in [1.29, 1.82) is 0 Å². The number of carbonyl (C=O) groups is 2. The predicted molar refractivity (Wildman–Crippen MR) is 128 cm³/mol. The van der Waals surface area contributed by atoms with Gasteiger partial charge in [-0.15, -0.1) is 0 Å². The average Bonchev–Trinajstić information content (AvgIpc) is 3.32. The number of hydrogen-bond acceptors (Lipinski definition) is 4. The Morgan fingerprint density at radius 2 is 1.52 bits per heavy atom. The molecule has 2 aromatic carbocycles. The third kappa shape index (κ3) is 5.15. The van der Waals surface area contributed by atoms with Crippen LogP contribution in [0, 0.1) is 0 Å². The van der Waals surface area contributed by atoms with Crippen LogP contribution in [-0.2, 0) is 4.79 Å². The summed E-state index contributed by atoms with van der Waals surface area (Å²) in [6, 6.07) is 15.7. The summed E-state index contributed by atoms with van der Waals surface area (Å²) in [5.41, 5.74) is 1.76. The highest BCUT2D eigenvalue weighted by atomic mass is 16.5. The minimum absolute atomic E-state index is 0.0203. The molecule has 2 fully saturated rings. The Morgan fingerprint density at radius 3 is 2.15 bits per heavy atom. The molecule has 0 bridgehead atoms. The van der Waals surface area contributed by atoms with Gasteiger partial charge in [0.2, 0.25) is 0 Å². The van der Waals surface area contributed by atoms with Crippen molar-refractivity contribution in [3.05, 3.63) is 59.7 Å². The molecule has 3 unspecified atom stereocenters. The third-order valence-corrected chi connectivity index (χ3v) is 6.96. The van der Waals surface area contributed by atoms with Crippen molar-refractivity contribution >= 4 is 11.8 Å². The molecule has 2 aliphatic rings. The van der Waals surface area contributed by atoms with Crippen LogP contribution in [0.2, 0.25) is 0 Å². The maximum Gasteiger partial charge on any atom is 0.260 e. The Morgan fingerprint density at radius 1 is 0.879 bits per heavy atom. The molecule has 0 aromatic heterocycles. The highest BCUT2D eigenvalue weighted by Gasteiger charge is 2.31. The molecular formula is C27H34N2O4. The van der Waals surface area contributed by atoms with E-state index in [4.69, 9.17) is 9.47 Å². The van der Waals surface area contributed by atoms with Gasteiger partial charge >= 0.3 is 0 Å². The van der Waals surface area contributed by atoms with Crippen LogP contribution in [0.1, 0.15) is 67.9 Å². The summed E-state index contributed by atoms with van der Waals surface area (Å²) in [5, 5.41) is 0. The van der Waals surface area contributed by atoms with Crippen molar-refractivity contribution in [2.24, 2.45) is 0 Å². The summed E-state index contributed by atoms with van der Waals surface area (Å²) in [6.07, 6.45) is 5.19. The zero-order valence-corrected chi connectivity index (χ0v) is 19.8. The lowest BCUT2D eigenvalue weighted by atomic mass is 9.97. The van der Waals surface area contributed by atoms with E-state index in [1.165, 1.54) is 6.42 Å². The maximum absolute atomic E-state index is 13.2. The first-order valence-corrected chi connectivity index (χ1v) is 12.0. The second kappa shape index (κ2) is 10.3. The predicted octanol–water partition coefficient (Wildman–Crippen LogP) is 4.84. The van der Waals surface area contributed by atoms with Crippen LogP contribution >= 0.6 is 0 Å². The molecular weight excluding hydrogens is 416 g/mol. The van der Waals surface area contributed by atoms with E-state index in [-0.39, 0.29) is 36.5 Å². The standard InChI is InChI=1S/C27H34N2O4/c1-19-6-4-7-20(2)29(19)26(30)18-33-24-15-11-22(12-16-24)27(31)28-17-5-8-25(28)21-9-13-23(32-3)14-10-21/h9-16,19-20,25H,4-8,17-18H2,1-3H3. The average molecular weight is 451 g/mol. The number of methoxy groups -OCH3 is 1. The second-order valence-electron chi connectivity index (χ2n) is 9.17. The number of benzene rings is 2. The molecule has 0 spiro atoms. The molecule has 2 aliphatic heterocycles. The van der Waals surface area contributed by atoms with Crippen LogP contribution in [0.15, 0.2) is 48.5 Å². The van der Waals surface area contributed by atoms with Gasteiger partial charge in [0.1, 0.15) is 11.5 Å². The Kier molecular flexibility index (Phi) is 7.21. The fraction of sp³-hybridized carbons (Fsp3) is 0.481. The van der Waals surface area contributed by atoms with Gasteiger partial charge in [0.15, 0.2) is 6.61 Å². The molecule has 3 atom stereocenters. The van der Waals surface area contributed by atoms with Crippen LogP contribution < -0.4 is 9.47 Å². The number of nitrogens with zero attached hydrogens (tertiary/aromatic N) is 2. The van der Waals surface area contributed by atoms with Crippen LogP contribution in [0.4, 0.5) is 0 Å². The van der Waals surface area contributed by atoms with E-state index in [9.17, 15) is 9.59 Å². The van der Waals surface area contributed by atoms with Gasteiger partial charge in [0.25, 0.3) is 11.8 Å². The van der Waals surface area contributed by atoms with Gasteiger partial charge in [-0.25, -0.2) is 0 Å². The smallest absolute Gasteiger partial charge is 0.260 e. The Labute approximate surface area is 196 Å². The van der Waals surface area contributed by atoms with E-state index >= 15 is 0 Å². The zero-order valence-electron chi connectivity index (χ0n) is 19.8. The van der Waals surface area contributed by atoms with Crippen LogP contribution in [0.3, 0.4) is 0 Å². The number of likely N-dealkylation sites (tertiary alicyclic amines) is 2. The number of piperidine rings is 1. The van der Waals surface area contributed by atoms with Crippen LogP contribution in [0.5, 0.6) is 11.5 Å². The minimum Gasteiger partial charge on any atom is -0.497 e. The normalized spacial score (nSPS) is 22.8.